The number of hydrogen-bond donors (Lipinski definition) is 3. The summed E-state index contributed by atoms with van der Waals surface area (Å²) in [4.78, 5) is 18.0. The van der Waals surface area contributed by atoms with Crippen molar-refractivity contribution in [1.29, 1.82) is 0 Å². The van der Waals surface area contributed by atoms with Crippen molar-refractivity contribution in [3.63, 3.8) is 0 Å². The first-order valence-corrected chi connectivity index (χ1v) is 8.21. The van der Waals surface area contributed by atoms with Gasteiger partial charge in [0.05, 0.1) is 0 Å². The normalized spacial score (nSPS) is 26.2. The van der Waals surface area contributed by atoms with Crippen LogP contribution in [0.3, 0.4) is 0 Å². The van der Waals surface area contributed by atoms with Gasteiger partial charge in [0.1, 0.15) is 11.4 Å². The second-order valence-corrected chi connectivity index (χ2v) is 6.52. The van der Waals surface area contributed by atoms with Crippen LogP contribution in [0.15, 0.2) is 36.4 Å². The number of hydrogen-bond acceptors (Lipinski definition) is 3. The summed E-state index contributed by atoms with van der Waals surface area (Å²) in [5.41, 5.74) is 2.00. The van der Waals surface area contributed by atoms with Gasteiger partial charge in [-0.15, -0.1) is 0 Å². The molecule has 23 heavy (non-hydrogen) atoms. The van der Waals surface area contributed by atoms with Crippen LogP contribution < -0.4 is 5.32 Å². The average Bonchev–Trinajstić information content (AvgIpc) is 3.06. The monoisotopic (exact) mass is 311 g/mol. The van der Waals surface area contributed by atoms with Crippen molar-refractivity contribution >= 4 is 5.91 Å². The molecule has 4 heterocycles. The third-order valence-corrected chi connectivity index (χ3v) is 5.10. The van der Waals surface area contributed by atoms with Gasteiger partial charge in [-0.25, -0.2) is 0 Å². The molecule has 0 aliphatic carbocycles. The third kappa shape index (κ3) is 2.72. The Morgan fingerprint density at radius 1 is 1.17 bits per heavy atom. The highest BCUT2D eigenvalue weighted by Crippen LogP contribution is 2.29. The number of fused-ring (bicyclic) bond motifs is 3. The van der Waals surface area contributed by atoms with Crippen LogP contribution in [0.2, 0.25) is 0 Å². The van der Waals surface area contributed by atoms with Gasteiger partial charge in [-0.2, -0.15) is 0 Å². The fraction of sp³-hybridized carbons (Fsp3) is 0.389. The van der Waals surface area contributed by atoms with Gasteiger partial charge < -0.3 is 20.3 Å². The molecular formula is C18H21N3O2. The minimum absolute atomic E-state index is 0.0644. The van der Waals surface area contributed by atoms with Gasteiger partial charge in [0.15, 0.2) is 0 Å². The number of aromatic amines is 1. The van der Waals surface area contributed by atoms with E-state index in [0.29, 0.717) is 17.2 Å². The Morgan fingerprint density at radius 3 is 2.65 bits per heavy atom. The lowest BCUT2D eigenvalue weighted by molar-refractivity contribution is 0.0618. The topological polar surface area (TPSA) is 68.4 Å². The molecule has 1 aromatic carbocycles. The van der Waals surface area contributed by atoms with Crippen LogP contribution in [0.4, 0.5) is 0 Å². The number of amides is 1. The summed E-state index contributed by atoms with van der Waals surface area (Å²) in [6, 6.07) is 11.0. The molecular weight excluding hydrogens is 290 g/mol. The first-order chi connectivity index (χ1) is 11.2. The third-order valence-electron chi connectivity index (χ3n) is 5.10. The van der Waals surface area contributed by atoms with E-state index in [4.69, 9.17) is 0 Å². The van der Waals surface area contributed by atoms with E-state index in [9.17, 15) is 9.90 Å². The zero-order chi connectivity index (χ0) is 15.8. The number of nitrogens with one attached hydrogen (secondary N) is 2. The maximum Gasteiger partial charge on any atom is 0.267 e. The molecule has 3 aliphatic rings. The molecule has 5 nitrogen and oxygen atoms in total. The van der Waals surface area contributed by atoms with Crippen molar-refractivity contribution < 1.29 is 9.90 Å². The summed E-state index contributed by atoms with van der Waals surface area (Å²) in [6.07, 6.45) is 2.36. The van der Waals surface area contributed by atoms with E-state index in [1.54, 1.807) is 18.2 Å². The Hall–Kier alpha value is -2.27. The van der Waals surface area contributed by atoms with Crippen molar-refractivity contribution in [2.24, 2.45) is 5.92 Å². The Kier molecular flexibility index (Phi) is 3.58. The molecule has 1 atom stereocenters. The standard InChI is InChI=1S/C18H21N3O2/c22-17-4-2-1-3-13(17)14-5-6-15(19-14)18(23)20-16-11-21-9-7-12(16)8-10-21/h1-6,12,16,19,22H,7-11H2,(H,20,23). The fourth-order valence-corrected chi connectivity index (χ4v) is 3.76. The van der Waals surface area contributed by atoms with Crippen molar-refractivity contribution in [2.45, 2.75) is 18.9 Å². The van der Waals surface area contributed by atoms with E-state index >= 15 is 0 Å². The van der Waals surface area contributed by atoms with Gasteiger partial charge >= 0.3 is 0 Å². The van der Waals surface area contributed by atoms with Gasteiger partial charge in [-0.05, 0) is 56.1 Å². The highest BCUT2D eigenvalue weighted by Gasteiger charge is 2.35. The first-order valence-electron chi connectivity index (χ1n) is 8.21. The number of phenolic OH excluding ortho intramolecular Hbond substituents is 1. The highest BCUT2D eigenvalue weighted by atomic mass is 16.3. The predicted molar refractivity (Wildman–Crippen MR) is 88.3 cm³/mol. The molecule has 2 bridgehead atoms. The van der Waals surface area contributed by atoms with Crippen LogP contribution in [0.1, 0.15) is 23.3 Å². The number of phenols is 1. The largest absolute Gasteiger partial charge is 0.507 e. The molecule has 5 heteroatoms. The quantitative estimate of drug-likeness (QED) is 0.814. The second kappa shape index (κ2) is 5.74. The van der Waals surface area contributed by atoms with E-state index in [-0.39, 0.29) is 17.7 Å². The number of nitrogens with zero attached hydrogens (tertiary/aromatic N) is 1. The molecule has 1 amide bonds. The van der Waals surface area contributed by atoms with Gasteiger partial charge in [-0.1, -0.05) is 12.1 Å². The van der Waals surface area contributed by atoms with E-state index in [1.165, 1.54) is 12.8 Å². The molecule has 1 aromatic heterocycles. The molecule has 3 N–H and O–H groups in total. The molecule has 0 saturated carbocycles. The number of aromatic hydroxyl groups is 1. The molecule has 0 radical (unpaired) electrons. The van der Waals surface area contributed by atoms with Crippen LogP contribution in [-0.4, -0.2) is 46.6 Å². The molecule has 3 aliphatic heterocycles. The summed E-state index contributed by atoms with van der Waals surface area (Å²) in [6.45, 7) is 3.29. The molecule has 0 spiro atoms. The van der Waals surface area contributed by atoms with Crippen LogP contribution >= 0.6 is 0 Å². The first kappa shape index (κ1) is 14.3. The van der Waals surface area contributed by atoms with Crippen LogP contribution in [0.25, 0.3) is 11.3 Å². The van der Waals surface area contributed by atoms with Gasteiger partial charge in [0, 0.05) is 23.8 Å². The Balaban J connectivity index is 1.48. The lowest BCUT2D eigenvalue weighted by Crippen LogP contribution is -2.57. The number of carbonyl (C=O) groups is 1. The summed E-state index contributed by atoms with van der Waals surface area (Å²) < 4.78 is 0. The summed E-state index contributed by atoms with van der Waals surface area (Å²) in [5, 5.41) is 13.1. The minimum Gasteiger partial charge on any atom is -0.507 e. The van der Waals surface area contributed by atoms with Crippen molar-refractivity contribution in [3.05, 3.63) is 42.1 Å². The number of rotatable bonds is 3. The molecule has 3 saturated heterocycles. The second-order valence-electron chi connectivity index (χ2n) is 6.52. The molecule has 1 unspecified atom stereocenters. The SMILES string of the molecule is O=C(NC1CN2CCC1CC2)c1ccc(-c2ccccc2O)[nH]1. The van der Waals surface area contributed by atoms with Crippen molar-refractivity contribution in [2.75, 3.05) is 19.6 Å². The summed E-state index contributed by atoms with van der Waals surface area (Å²) >= 11 is 0. The fourth-order valence-electron chi connectivity index (χ4n) is 3.76. The number of H-pyrrole nitrogens is 1. The van der Waals surface area contributed by atoms with E-state index in [2.05, 4.69) is 15.2 Å². The number of benzene rings is 1. The lowest BCUT2D eigenvalue weighted by Gasteiger charge is -2.44. The Morgan fingerprint density at radius 2 is 1.96 bits per heavy atom. The van der Waals surface area contributed by atoms with Crippen molar-refractivity contribution in [3.8, 4) is 17.0 Å². The molecule has 2 aromatic rings. The van der Waals surface area contributed by atoms with Crippen LogP contribution in [-0.2, 0) is 0 Å². The number of carbonyl (C=O) groups excluding carboxylic acids is 1. The minimum atomic E-state index is -0.0644. The van der Waals surface area contributed by atoms with Gasteiger partial charge in [-0.3, -0.25) is 4.79 Å². The zero-order valence-corrected chi connectivity index (χ0v) is 13.0. The highest BCUT2D eigenvalue weighted by molar-refractivity contribution is 5.93. The lowest BCUT2D eigenvalue weighted by atomic mass is 9.84. The predicted octanol–water partition coefficient (Wildman–Crippen LogP) is 2.21. The number of para-hydroxylation sites is 1. The van der Waals surface area contributed by atoms with Gasteiger partial charge in [0.2, 0.25) is 0 Å². The van der Waals surface area contributed by atoms with Crippen molar-refractivity contribution in [1.82, 2.24) is 15.2 Å². The summed E-state index contributed by atoms with van der Waals surface area (Å²) in [5.74, 6) is 0.751. The average molecular weight is 311 g/mol. The summed E-state index contributed by atoms with van der Waals surface area (Å²) in [7, 11) is 0. The number of aromatic nitrogens is 1. The molecule has 120 valence electrons. The molecule has 5 rings (SSSR count). The Bertz CT molecular complexity index is 717. The maximum atomic E-state index is 12.5. The smallest absolute Gasteiger partial charge is 0.267 e. The van der Waals surface area contributed by atoms with E-state index in [0.717, 1.165) is 25.3 Å². The van der Waals surface area contributed by atoms with E-state index < -0.39 is 0 Å². The van der Waals surface area contributed by atoms with Gasteiger partial charge in [0.25, 0.3) is 5.91 Å². The van der Waals surface area contributed by atoms with Crippen LogP contribution in [0, 0.1) is 5.92 Å². The molecule has 3 fully saturated rings. The Labute approximate surface area is 135 Å². The van der Waals surface area contributed by atoms with Crippen LogP contribution in [0.5, 0.6) is 5.75 Å². The zero-order valence-electron chi connectivity index (χ0n) is 13.0. The number of piperidine rings is 3. The van der Waals surface area contributed by atoms with E-state index in [1.807, 2.05) is 18.2 Å². The maximum absolute atomic E-state index is 12.5.